The fraction of sp³-hybridized carbons (Fsp3) is 0.524. The second-order valence-electron chi connectivity index (χ2n) is 8.21. The monoisotopic (exact) mass is 481 g/mol. The fourth-order valence-electron chi connectivity index (χ4n) is 3.77. The molecule has 4 heterocycles. The molecule has 0 spiro atoms. The zero-order valence-corrected chi connectivity index (χ0v) is 18.6. The first kappa shape index (κ1) is 23.8. The van der Waals surface area contributed by atoms with E-state index >= 15 is 0 Å². The number of alkyl halides is 3. The number of nitrogens with one attached hydrogen (secondary N) is 2. The van der Waals surface area contributed by atoms with Crippen LogP contribution in [0.1, 0.15) is 36.6 Å². The van der Waals surface area contributed by atoms with Crippen LogP contribution in [0.2, 0.25) is 0 Å². The maximum Gasteiger partial charge on any atom is 0.421 e. The molecule has 0 aliphatic carbocycles. The largest absolute Gasteiger partial charge is 0.446 e. The molecule has 1 fully saturated rings. The summed E-state index contributed by atoms with van der Waals surface area (Å²) in [6.45, 7) is 2.78. The number of aromatic nitrogens is 3. The average Bonchev–Trinajstić information content (AvgIpc) is 3.26. The van der Waals surface area contributed by atoms with Crippen molar-refractivity contribution < 1.29 is 27.1 Å². The van der Waals surface area contributed by atoms with Gasteiger partial charge in [-0.05, 0) is 45.5 Å². The van der Waals surface area contributed by atoms with E-state index in [0.717, 1.165) is 32.1 Å². The summed E-state index contributed by atoms with van der Waals surface area (Å²) in [6.07, 6.45) is 2.26. The van der Waals surface area contributed by atoms with Crippen molar-refractivity contribution in [3.63, 3.8) is 0 Å². The molecule has 0 saturated carbocycles. The van der Waals surface area contributed by atoms with Crippen LogP contribution in [0.5, 0.6) is 0 Å². The molecule has 0 atom stereocenters. The maximum atomic E-state index is 13.4. The van der Waals surface area contributed by atoms with E-state index in [1.165, 1.54) is 17.4 Å². The van der Waals surface area contributed by atoms with Crippen LogP contribution >= 0.6 is 0 Å². The number of amides is 1. The van der Waals surface area contributed by atoms with Crippen molar-refractivity contribution in [1.29, 1.82) is 0 Å². The van der Waals surface area contributed by atoms with E-state index in [1.807, 2.05) is 0 Å². The van der Waals surface area contributed by atoms with Gasteiger partial charge in [0.25, 0.3) is 0 Å². The van der Waals surface area contributed by atoms with E-state index in [4.69, 9.17) is 9.15 Å². The Hall–Kier alpha value is -3.35. The van der Waals surface area contributed by atoms with Gasteiger partial charge < -0.3 is 29.6 Å². The molecule has 0 unspecified atom stereocenters. The average molecular weight is 481 g/mol. The second-order valence-corrected chi connectivity index (χ2v) is 8.21. The quantitative estimate of drug-likeness (QED) is 0.544. The highest BCUT2D eigenvalue weighted by molar-refractivity contribution is 5.69. The Kier molecular flexibility index (Phi) is 7.20. The van der Waals surface area contributed by atoms with E-state index in [1.54, 1.807) is 6.08 Å². The predicted molar refractivity (Wildman–Crippen MR) is 117 cm³/mol. The van der Waals surface area contributed by atoms with Gasteiger partial charge >= 0.3 is 12.3 Å². The lowest BCUT2D eigenvalue weighted by molar-refractivity contribution is -0.137. The van der Waals surface area contributed by atoms with E-state index < -0.39 is 17.8 Å². The lowest BCUT2D eigenvalue weighted by Crippen LogP contribution is -2.34. The second kappa shape index (κ2) is 10.3. The molecule has 2 aliphatic heterocycles. The summed E-state index contributed by atoms with van der Waals surface area (Å²) < 4.78 is 50.7. The summed E-state index contributed by atoms with van der Waals surface area (Å²) in [7, 11) is 2.06. The number of piperidine rings is 1. The van der Waals surface area contributed by atoms with Gasteiger partial charge in [-0.25, -0.2) is 9.78 Å². The number of nitrogens with zero attached hydrogens (tertiary/aromatic N) is 5. The molecule has 2 aromatic rings. The highest BCUT2D eigenvalue weighted by Gasteiger charge is 2.35. The molecule has 34 heavy (non-hydrogen) atoms. The Morgan fingerprint density at radius 3 is 2.76 bits per heavy atom. The molecule has 4 rings (SSSR count). The highest BCUT2D eigenvalue weighted by Crippen LogP contribution is 2.34. The van der Waals surface area contributed by atoms with Crippen LogP contribution in [0.4, 0.5) is 35.5 Å². The minimum atomic E-state index is -4.63. The molecule has 13 heteroatoms. The number of carbonyl (C=O) groups is 1. The van der Waals surface area contributed by atoms with Gasteiger partial charge in [-0.1, -0.05) is 0 Å². The van der Waals surface area contributed by atoms with Gasteiger partial charge in [0.1, 0.15) is 17.6 Å². The molecule has 2 N–H and O–H groups in total. The third-order valence-corrected chi connectivity index (χ3v) is 5.67. The highest BCUT2D eigenvalue weighted by atomic mass is 19.4. The number of oxazole rings is 1. The van der Waals surface area contributed by atoms with Gasteiger partial charge in [-0.15, -0.1) is 0 Å². The van der Waals surface area contributed by atoms with Crippen LogP contribution in [0, 0.1) is 0 Å². The van der Waals surface area contributed by atoms with Crippen LogP contribution in [0.25, 0.3) is 0 Å². The molecule has 0 radical (unpaired) electrons. The lowest BCUT2D eigenvalue weighted by Gasteiger charge is -2.26. The number of cyclic esters (lactones) is 1. The first-order chi connectivity index (χ1) is 16.3. The molecule has 10 nitrogen and oxygen atoms in total. The van der Waals surface area contributed by atoms with Gasteiger partial charge in [0.2, 0.25) is 5.95 Å². The summed E-state index contributed by atoms with van der Waals surface area (Å²) in [6, 6.07) is 0. The Morgan fingerprint density at radius 1 is 1.24 bits per heavy atom. The molecule has 0 aromatic carbocycles. The Morgan fingerprint density at radius 2 is 2.03 bits per heavy atom. The standard InChI is InChI=1S/C21H26F3N7O3/c1-30-9-4-14(5-10-30)18-27-16(13-34-18)28-19-26-12-15(21(22,23)24)17(29-19)25-6-2-7-31-8-3-11-33-20(31)32/h3,11-14H,2,4-10H2,1H3,(H2,25,26,28,29). The van der Waals surface area contributed by atoms with E-state index in [-0.39, 0.29) is 24.2 Å². The van der Waals surface area contributed by atoms with Gasteiger partial charge in [0.15, 0.2) is 11.7 Å². The lowest BCUT2D eigenvalue weighted by atomic mass is 9.97. The summed E-state index contributed by atoms with van der Waals surface area (Å²) in [5.74, 6) is 0.724. The molecule has 2 aliphatic rings. The van der Waals surface area contributed by atoms with Crippen LogP contribution in [0.3, 0.4) is 0 Å². The minimum Gasteiger partial charge on any atom is -0.446 e. The van der Waals surface area contributed by atoms with Crippen molar-refractivity contribution in [1.82, 2.24) is 24.8 Å². The van der Waals surface area contributed by atoms with Gasteiger partial charge in [-0.3, -0.25) is 0 Å². The number of likely N-dealkylation sites (tertiary alicyclic amines) is 1. The summed E-state index contributed by atoms with van der Waals surface area (Å²) in [5, 5.41) is 5.52. The Labute approximate surface area is 194 Å². The predicted octanol–water partition coefficient (Wildman–Crippen LogP) is 3.80. The fourth-order valence-corrected chi connectivity index (χ4v) is 3.77. The van der Waals surface area contributed by atoms with Gasteiger partial charge in [0.05, 0.1) is 6.26 Å². The summed E-state index contributed by atoms with van der Waals surface area (Å²) in [5.41, 5.74) is -0.981. The zero-order valence-electron chi connectivity index (χ0n) is 18.6. The van der Waals surface area contributed by atoms with Crippen LogP contribution < -0.4 is 10.6 Å². The van der Waals surface area contributed by atoms with E-state index in [0.29, 0.717) is 31.2 Å². The first-order valence-corrected chi connectivity index (χ1v) is 11.0. The van der Waals surface area contributed by atoms with Crippen LogP contribution in [-0.4, -0.2) is 70.6 Å². The first-order valence-electron chi connectivity index (χ1n) is 11.0. The molecule has 1 amide bonds. The Bertz CT molecular complexity index is 1020. The van der Waals surface area contributed by atoms with Crippen LogP contribution in [0.15, 0.2) is 29.2 Å². The number of hydrogen-bond donors (Lipinski definition) is 2. The topological polar surface area (TPSA) is 109 Å². The zero-order chi connectivity index (χ0) is 24.1. The van der Waals surface area contributed by atoms with Gasteiger partial charge in [-0.2, -0.15) is 23.1 Å². The molecular weight excluding hydrogens is 455 g/mol. The number of anilines is 3. The third-order valence-electron chi connectivity index (χ3n) is 5.67. The number of carbonyl (C=O) groups excluding carboxylic acids is 1. The van der Waals surface area contributed by atoms with Crippen molar-refractivity contribution in [2.24, 2.45) is 0 Å². The van der Waals surface area contributed by atoms with Crippen LogP contribution in [-0.2, 0) is 10.9 Å². The Balaban J connectivity index is 1.39. The summed E-state index contributed by atoms with van der Waals surface area (Å²) >= 11 is 0. The maximum absolute atomic E-state index is 13.4. The van der Waals surface area contributed by atoms with Crippen molar-refractivity contribution >= 4 is 23.7 Å². The third kappa shape index (κ3) is 5.95. The van der Waals surface area contributed by atoms with Crippen molar-refractivity contribution in [3.8, 4) is 0 Å². The molecule has 184 valence electrons. The number of halogens is 3. The SMILES string of the molecule is CN1CCC(c2nc(Nc3ncc(C(F)(F)F)c(NCCCN4CC=COC4=O)n3)co2)CC1. The van der Waals surface area contributed by atoms with E-state index in [2.05, 4.69) is 37.5 Å². The number of rotatable bonds is 8. The smallest absolute Gasteiger partial charge is 0.421 e. The molecule has 1 saturated heterocycles. The molecule has 0 bridgehead atoms. The number of hydrogen-bond acceptors (Lipinski definition) is 9. The van der Waals surface area contributed by atoms with Crippen molar-refractivity contribution in [2.45, 2.75) is 31.4 Å². The minimum absolute atomic E-state index is 0.0385. The number of ether oxygens (including phenoxy) is 1. The van der Waals surface area contributed by atoms with Crippen molar-refractivity contribution in [3.05, 3.63) is 36.3 Å². The summed E-state index contributed by atoms with van der Waals surface area (Å²) in [4.78, 5) is 27.5. The van der Waals surface area contributed by atoms with Gasteiger partial charge in [0, 0.05) is 31.7 Å². The molecular formula is C21H26F3N7O3. The van der Waals surface area contributed by atoms with E-state index in [9.17, 15) is 18.0 Å². The normalized spacial score (nSPS) is 17.6. The van der Waals surface area contributed by atoms with Crippen molar-refractivity contribution in [2.75, 3.05) is 50.4 Å². The molecule has 2 aromatic heterocycles.